The number of nitrogens with two attached hydrogens (primary N) is 1. The molecule has 0 aliphatic carbocycles. The number of piperidine rings is 2. The molecule has 5 heteroatoms. The summed E-state index contributed by atoms with van der Waals surface area (Å²) in [6.07, 6.45) is 7.15. The summed E-state index contributed by atoms with van der Waals surface area (Å²) < 4.78 is 0. The van der Waals surface area contributed by atoms with Gasteiger partial charge in [0.15, 0.2) is 0 Å². The number of carbonyl (C=O) groups excluding carboxylic acids is 2. The lowest BCUT2D eigenvalue weighted by Gasteiger charge is -2.33. The van der Waals surface area contributed by atoms with E-state index < -0.39 is 0 Å². The molecule has 5 nitrogen and oxygen atoms in total. The quantitative estimate of drug-likeness (QED) is 0.801. The second kappa shape index (κ2) is 9.88. The predicted octanol–water partition coefficient (Wildman–Crippen LogP) is 2.45. The Morgan fingerprint density at radius 2 is 1.56 bits per heavy atom. The molecule has 27 heavy (non-hydrogen) atoms. The second-order valence-electron chi connectivity index (χ2n) is 8.24. The average Bonchev–Trinajstić information content (AvgIpc) is 2.68. The number of likely N-dealkylation sites (tertiary alicyclic amines) is 2. The molecule has 0 radical (unpaired) electrons. The lowest BCUT2D eigenvalue weighted by atomic mass is 9.89. The van der Waals surface area contributed by atoms with Crippen molar-refractivity contribution in [2.24, 2.45) is 17.6 Å². The number of rotatable bonds is 7. The number of benzene rings is 1. The molecule has 2 aliphatic heterocycles. The molecule has 2 aliphatic rings. The smallest absolute Gasteiger partial charge is 0.231 e. The molecule has 3 rings (SSSR count). The van der Waals surface area contributed by atoms with Gasteiger partial charge in [-0.15, -0.1) is 0 Å². The normalized spacial score (nSPS) is 19.9. The van der Waals surface area contributed by atoms with Gasteiger partial charge in [-0.1, -0.05) is 30.3 Å². The molecule has 0 saturated carbocycles. The summed E-state index contributed by atoms with van der Waals surface area (Å²) in [4.78, 5) is 27.8. The highest BCUT2D eigenvalue weighted by atomic mass is 16.2. The number of nitrogens with zero attached hydrogens (tertiary/aromatic N) is 2. The molecule has 0 bridgehead atoms. The first-order valence-corrected chi connectivity index (χ1v) is 10.4. The highest BCUT2D eigenvalue weighted by Crippen LogP contribution is 2.25. The summed E-state index contributed by atoms with van der Waals surface area (Å²) in [5.74, 6) is 1.38. The highest BCUT2D eigenvalue weighted by Gasteiger charge is 2.25. The Bertz CT molecular complexity index is 603. The lowest BCUT2D eigenvalue weighted by molar-refractivity contribution is -0.133. The largest absolute Gasteiger partial charge is 0.369 e. The molecule has 0 spiro atoms. The molecule has 2 N–H and O–H groups in total. The standard InChI is InChI=1S/C22H33N3O2/c23-21(26)17-24-12-8-18(9-13-24)6-7-22(27)25-14-10-20(11-15-25)16-19-4-2-1-3-5-19/h1-5,18,20H,6-17H2,(H2,23,26). The monoisotopic (exact) mass is 371 g/mol. The lowest BCUT2D eigenvalue weighted by Crippen LogP contribution is -2.40. The molecule has 1 aromatic carbocycles. The van der Waals surface area contributed by atoms with Crippen molar-refractivity contribution in [3.8, 4) is 0 Å². The van der Waals surface area contributed by atoms with Gasteiger partial charge in [0.05, 0.1) is 6.54 Å². The van der Waals surface area contributed by atoms with Crippen LogP contribution >= 0.6 is 0 Å². The minimum absolute atomic E-state index is 0.251. The maximum Gasteiger partial charge on any atom is 0.231 e. The number of carbonyl (C=O) groups is 2. The minimum atomic E-state index is -0.251. The van der Waals surface area contributed by atoms with Gasteiger partial charge >= 0.3 is 0 Å². The maximum atomic E-state index is 12.6. The van der Waals surface area contributed by atoms with E-state index >= 15 is 0 Å². The fourth-order valence-electron chi connectivity index (χ4n) is 4.47. The van der Waals surface area contributed by atoms with E-state index in [0.29, 0.717) is 30.7 Å². The summed E-state index contributed by atoms with van der Waals surface area (Å²) in [6.45, 7) is 4.03. The number of hydrogen-bond donors (Lipinski definition) is 1. The van der Waals surface area contributed by atoms with E-state index in [2.05, 4.69) is 40.1 Å². The first kappa shape index (κ1) is 19.9. The van der Waals surface area contributed by atoms with Crippen LogP contribution in [-0.2, 0) is 16.0 Å². The van der Waals surface area contributed by atoms with Gasteiger partial charge in [-0.05, 0) is 69.0 Å². The molecular formula is C22H33N3O2. The van der Waals surface area contributed by atoms with Crippen LogP contribution in [0.3, 0.4) is 0 Å². The maximum absolute atomic E-state index is 12.6. The molecule has 148 valence electrons. The fourth-order valence-corrected chi connectivity index (χ4v) is 4.47. The van der Waals surface area contributed by atoms with Crippen molar-refractivity contribution in [3.63, 3.8) is 0 Å². The molecule has 2 saturated heterocycles. The third-order valence-electron chi connectivity index (χ3n) is 6.19. The SMILES string of the molecule is NC(=O)CN1CCC(CCC(=O)N2CCC(Cc3ccccc3)CC2)CC1. The third kappa shape index (κ3) is 6.35. The van der Waals surface area contributed by atoms with Crippen LogP contribution in [0.5, 0.6) is 0 Å². The number of primary amides is 1. The van der Waals surface area contributed by atoms with Crippen LogP contribution in [0.1, 0.15) is 44.1 Å². The van der Waals surface area contributed by atoms with Crippen LogP contribution in [0.25, 0.3) is 0 Å². The fraction of sp³-hybridized carbons (Fsp3) is 0.636. The van der Waals surface area contributed by atoms with Gasteiger partial charge in [-0.25, -0.2) is 0 Å². The Kier molecular flexibility index (Phi) is 7.27. The summed E-state index contributed by atoms with van der Waals surface area (Å²) in [7, 11) is 0. The van der Waals surface area contributed by atoms with Crippen molar-refractivity contribution >= 4 is 11.8 Å². The van der Waals surface area contributed by atoms with Crippen LogP contribution in [0, 0.1) is 11.8 Å². The topological polar surface area (TPSA) is 66.6 Å². The summed E-state index contributed by atoms with van der Waals surface area (Å²) >= 11 is 0. The zero-order valence-electron chi connectivity index (χ0n) is 16.3. The van der Waals surface area contributed by atoms with Crippen molar-refractivity contribution in [2.75, 3.05) is 32.7 Å². The Balaban J connectivity index is 1.32. The molecular weight excluding hydrogens is 338 g/mol. The first-order valence-electron chi connectivity index (χ1n) is 10.4. The Hall–Kier alpha value is -1.88. The molecule has 0 atom stereocenters. The second-order valence-corrected chi connectivity index (χ2v) is 8.24. The van der Waals surface area contributed by atoms with Gasteiger partial charge in [0.25, 0.3) is 0 Å². The van der Waals surface area contributed by atoms with Crippen molar-refractivity contribution in [1.29, 1.82) is 0 Å². The van der Waals surface area contributed by atoms with Gasteiger partial charge in [-0.3, -0.25) is 14.5 Å². The van der Waals surface area contributed by atoms with E-state index in [-0.39, 0.29) is 5.91 Å². The van der Waals surface area contributed by atoms with Gasteiger partial charge in [0.1, 0.15) is 0 Å². The minimum Gasteiger partial charge on any atom is -0.369 e. The number of hydrogen-bond acceptors (Lipinski definition) is 3. The van der Waals surface area contributed by atoms with Crippen LogP contribution in [0.2, 0.25) is 0 Å². The van der Waals surface area contributed by atoms with E-state index in [4.69, 9.17) is 5.73 Å². The predicted molar refractivity (Wildman–Crippen MR) is 107 cm³/mol. The summed E-state index contributed by atoms with van der Waals surface area (Å²) in [6, 6.07) is 10.7. The van der Waals surface area contributed by atoms with Gasteiger partial charge in [0.2, 0.25) is 11.8 Å². The van der Waals surface area contributed by atoms with Gasteiger partial charge < -0.3 is 10.6 Å². The van der Waals surface area contributed by atoms with E-state index in [1.807, 2.05) is 0 Å². The molecule has 0 aromatic heterocycles. The van der Waals surface area contributed by atoms with Crippen LogP contribution in [-0.4, -0.2) is 54.3 Å². The van der Waals surface area contributed by atoms with Crippen LogP contribution in [0.4, 0.5) is 0 Å². The Morgan fingerprint density at radius 3 is 2.19 bits per heavy atom. The average molecular weight is 372 g/mol. The van der Waals surface area contributed by atoms with Crippen molar-refractivity contribution < 1.29 is 9.59 Å². The molecule has 1 aromatic rings. The van der Waals surface area contributed by atoms with Crippen LogP contribution < -0.4 is 5.73 Å². The van der Waals surface area contributed by atoms with Crippen molar-refractivity contribution in [2.45, 2.75) is 44.9 Å². The van der Waals surface area contributed by atoms with E-state index in [0.717, 1.165) is 64.7 Å². The zero-order valence-corrected chi connectivity index (χ0v) is 16.3. The summed E-state index contributed by atoms with van der Waals surface area (Å²) in [5, 5.41) is 0. The van der Waals surface area contributed by atoms with Crippen molar-refractivity contribution in [3.05, 3.63) is 35.9 Å². The summed E-state index contributed by atoms with van der Waals surface area (Å²) in [5.41, 5.74) is 6.67. The molecule has 2 heterocycles. The zero-order chi connectivity index (χ0) is 19.1. The molecule has 2 amide bonds. The van der Waals surface area contributed by atoms with Gasteiger partial charge in [-0.2, -0.15) is 0 Å². The Labute approximate surface area is 162 Å². The molecule has 0 unspecified atom stereocenters. The molecule has 2 fully saturated rings. The number of amides is 2. The third-order valence-corrected chi connectivity index (χ3v) is 6.19. The van der Waals surface area contributed by atoms with E-state index in [9.17, 15) is 9.59 Å². The first-order chi connectivity index (χ1) is 13.1. The highest BCUT2D eigenvalue weighted by molar-refractivity contribution is 5.76. The Morgan fingerprint density at radius 1 is 0.926 bits per heavy atom. The van der Waals surface area contributed by atoms with E-state index in [1.165, 1.54) is 5.56 Å². The van der Waals surface area contributed by atoms with Gasteiger partial charge in [0, 0.05) is 19.5 Å². The van der Waals surface area contributed by atoms with Crippen LogP contribution in [0.15, 0.2) is 30.3 Å². The van der Waals surface area contributed by atoms with Crippen molar-refractivity contribution in [1.82, 2.24) is 9.80 Å². The van der Waals surface area contributed by atoms with E-state index in [1.54, 1.807) is 0 Å².